The van der Waals surface area contributed by atoms with E-state index in [1.165, 1.54) is 398 Å². The standard InChI is InChI=1S/C132H246O17/c1-18-23-28-33-38-43-48-53-57-59-64-68-73-78-83-88-93-107(8)98-111(12)102-115(16)129(140)148-125-122(137)123(146-130(141)116(17)120(135)112(13)99-108(9)94-89-84-79-74-69-65-60-58-54-49-44-39-34-29-24-19-2)117(103-133)143-131(125)149-132-126(145-119(134)95-90-85-80-75-70-61-52-47-42-37-32-27-22-5)124(147-128(139)114(15)101-110(11)97-106(7)92-87-82-77-72-67-63-56-51-46-41-36-31-26-21-4)121(136)118(144-132)104-142-127(138)113(14)100-109(10)96-105(6)91-86-81-76-71-66-62-55-50-45-40-35-30-25-20-3/h100-102,105-112,116-118,120-126,131-133,135-137H,18-99,103-104H2,1-17H3/b113-100+,114-101+,115-102+/t105-,106-,107-,108-,109-,110-,111-,112-,116-,117?,118?,120-,121+,122?,123+,124?,125-,126+,131+,132+/m0/s1. The molecular weight excluding hydrogens is 1860 g/mol. The van der Waals surface area contributed by atoms with Crippen molar-refractivity contribution >= 4 is 29.8 Å². The van der Waals surface area contributed by atoms with Crippen LogP contribution in [0.4, 0.5) is 0 Å². The highest BCUT2D eigenvalue weighted by Crippen LogP contribution is 2.38. The van der Waals surface area contributed by atoms with Crippen molar-refractivity contribution < 1.29 is 82.3 Å². The number of allylic oxidation sites excluding steroid dienone is 3. The number of ether oxygens (including phenoxy) is 8. The van der Waals surface area contributed by atoms with Crippen molar-refractivity contribution in [1.29, 1.82) is 0 Å². The Hall–Kier alpha value is -3.71. The van der Waals surface area contributed by atoms with E-state index in [9.17, 15) is 34.8 Å². The van der Waals surface area contributed by atoms with Gasteiger partial charge in [-0.3, -0.25) is 9.59 Å². The van der Waals surface area contributed by atoms with Crippen LogP contribution in [0, 0.1) is 53.3 Å². The lowest BCUT2D eigenvalue weighted by Crippen LogP contribution is -2.66. The smallest absolute Gasteiger partial charge is 0.333 e. The highest BCUT2D eigenvalue weighted by Gasteiger charge is 2.56. The van der Waals surface area contributed by atoms with Crippen LogP contribution < -0.4 is 0 Å². The topological polar surface area (TPSA) is 240 Å². The van der Waals surface area contributed by atoms with Gasteiger partial charge in [-0.2, -0.15) is 0 Å². The minimum atomic E-state index is -1.98. The third-order valence-corrected chi connectivity index (χ3v) is 32.9. The maximum absolute atomic E-state index is 15.1. The van der Waals surface area contributed by atoms with Crippen molar-refractivity contribution in [2.24, 2.45) is 53.3 Å². The molecule has 149 heavy (non-hydrogen) atoms. The molecule has 2 aliphatic rings. The molecule has 0 aromatic rings. The Morgan fingerprint density at radius 1 is 0.282 bits per heavy atom. The molecule has 17 nitrogen and oxygen atoms in total. The third kappa shape index (κ3) is 74.3. The Kier molecular flexibility index (Phi) is 91.5. The van der Waals surface area contributed by atoms with Crippen LogP contribution in [-0.4, -0.2) is 131 Å². The Balaban J connectivity index is 2.70. The van der Waals surface area contributed by atoms with Gasteiger partial charge in [0.2, 0.25) is 12.6 Å². The molecule has 0 bridgehead atoms. The molecule has 0 aliphatic carbocycles. The molecule has 4 N–H and O–H groups in total. The number of carbonyl (C=O) groups excluding carboxylic acids is 5. The van der Waals surface area contributed by atoms with E-state index in [-0.39, 0.29) is 47.2 Å². The molecule has 0 aromatic carbocycles. The lowest BCUT2D eigenvalue weighted by atomic mass is 9.85. The molecule has 0 amide bonds. The largest absolute Gasteiger partial charge is 0.459 e. The van der Waals surface area contributed by atoms with Gasteiger partial charge in [-0.1, -0.05) is 596 Å². The van der Waals surface area contributed by atoms with Gasteiger partial charge in [-0.15, -0.1) is 0 Å². The summed E-state index contributed by atoms with van der Waals surface area (Å²) in [5.74, 6) is -3.98. The maximum atomic E-state index is 15.1. The molecule has 2 fully saturated rings. The average Bonchev–Trinajstić information content (AvgIpc) is 0.775. The zero-order chi connectivity index (χ0) is 109. The zero-order valence-corrected chi connectivity index (χ0v) is 101. The fourth-order valence-electron chi connectivity index (χ4n) is 23.3. The van der Waals surface area contributed by atoms with Crippen molar-refractivity contribution in [3.8, 4) is 0 Å². The first-order valence-corrected chi connectivity index (χ1v) is 64.8. The van der Waals surface area contributed by atoms with Gasteiger partial charge in [0, 0.05) is 23.1 Å². The van der Waals surface area contributed by atoms with E-state index in [0.717, 1.165) is 109 Å². The van der Waals surface area contributed by atoms with Crippen LogP contribution in [0.2, 0.25) is 0 Å². The number of hydrogen-bond donors (Lipinski definition) is 4. The fraction of sp³-hybridized carbons (Fsp3) is 0.917. The highest BCUT2D eigenvalue weighted by atomic mass is 16.8. The van der Waals surface area contributed by atoms with Crippen LogP contribution in [0.3, 0.4) is 0 Å². The fourth-order valence-corrected chi connectivity index (χ4v) is 23.3. The summed E-state index contributed by atoms with van der Waals surface area (Å²) < 4.78 is 52.2. The molecule has 0 spiro atoms. The molecule has 0 radical (unpaired) electrons. The number of aliphatic hydroxyl groups is 4. The quantitative estimate of drug-likeness (QED) is 0.0192. The van der Waals surface area contributed by atoms with Gasteiger partial charge < -0.3 is 58.3 Å². The monoisotopic (exact) mass is 2100 g/mol. The average molecular weight is 2110 g/mol. The number of rotatable bonds is 104. The van der Waals surface area contributed by atoms with E-state index in [1.807, 2.05) is 25.2 Å². The molecule has 0 saturated carbocycles. The minimum absolute atomic E-state index is 0.0303. The lowest BCUT2D eigenvalue weighted by molar-refractivity contribution is -0.377. The molecule has 2 rings (SSSR count). The van der Waals surface area contributed by atoms with Crippen molar-refractivity contribution in [3.63, 3.8) is 0 Å². The predicted molar refractivity (Wildman–Crippen MR) is 625 cm³/mol. The molecule has 4 unspecified atom stereocenters. The summed E-state index contributed by atoms with van der Waals surface area (Å²) in [5.41, 5.74) is 0.836. The summed E-state index contributed by atoms with van der Waals surface area (Å²) >= 11 is 0. The summed E-state index contributed by atoms with van der Waals surface area (Å²) in [4.78, 5) is 74.3. The van der Waals surface area contributed by atoms with Crippen molar-refractivity contribution in [2.45, 2.75) is 712 Å². The second kappa shape index (κ2) is 96.4. The van der Waals surface area contributed by atoms with Gasteiger partial charge in [0.05, 0.1) is 18.6 Å². The van der Waals surface area contributed by atoms with Crippen LogP contribution in [0.1, 0.15) is 644 Å². The second-order valence-electron chi connectivity index (χ2n) is 48.6. The van der Waals surface area contributed by atoms with Crippen molar-refractivity contribution in [2.75, 3.05) is 13.2 Å². The SMILES string of the molecule is CCCCCCCCCCCCCCCCCC[C@H](C)C[C@H](C)/C=C(\C)C(=O)O[C@H]1C(O)[C@H](OC(=O)[C@@H](C)[C@@H](O)[C@@H](C)C[C@@H](C)CCCCCCCCCCCCCCCCCC)C(CO)O[C@@H]1O[C@H]1OC(COC(=O)/C(C)=C/[C@@H](C)C[C@@H](C)CCCCCCCCCCCCCCCC)[C@@H](O)C(OC(=O)/C(C)=C/[C@@H](C)C[C@@H](C)CCCCCCCCCCCCCCCC)[C@H]1OC(=O)CCCCCCCCCCCCCCC. The molecule has 2 saturated heterocycles. The van der Waals surface area contributed by atoms with E-state index < -0.39 is 116 Å². The first-order chi connectivity index (χ1) is 72.2. The molecule has 20 atom stereocenters. The molecule has 2 heterocycles. The summed E-state index contributed by atoms with van der Waals surface area (Å²) in [6.07, 6.45) is 86.4. The first kappa shape index (κ1) is 141. The Bertz CT molecular complexity index is 3210. The van der Waals surface area contributed by atoms with Crippen LogP contribution in [0.25, 0.3) is 0 Å². The Morgan fingerprint density at radius 3 is 0.819 bits per heavy atom. The summed E-state index contributed by atoms with van der Waals surface area (Å²) in [6, 6.07) is 0. The van der Waals surface area contributed by atoms with E-state index in [0.29, 0.717) is 36.2 Å². The molecular formula is C132H246O17. The van der Waals surface area contributed by atoms with Crippen molar-refractivity contribution in [1.82, 2.24) is 0 Å². The van der Waals surface area contributed by atoms with Gasteiger partial charge in [0.25, 0.3) is 0 Å². The van der Waals surface area contributed by atoms with E-state index in [2.05, 4.69) is 83.1 Å². The molecule has 2 aliphatic heterocycles. The number of aliphatic hydroxyl groups excluding tert-OH is 4. The Labute approximate surface area is 919 Å². The van der Waals surface area contributed by atoms with Crippen LogP contribution in [0.15, 0.2) is 34.9 Å². The lowest BCUT2D eigenvalue weighted by Gasteiger charge is -2.47. The molecule has 17 heteroatoms. The number of esters is 5. The second-order valence-corrected chi connectivity index (χ2v) is 48.6. The Morgan fingerprint density at radius 2 is 0.530 bits per heavy atom. The van der Waals surface area contributed by atoms with Gasteiger partial charge in [0.15, 0.2) is 24.4 Å². The maximum Gasteiger partial charge on any atom is 0.333 e. The van der Waals surface area contributed by atoms with Crippen molar-refractivity contribution in [3.05, 3.63) is 34.9 Å². The summed E-state index contributed by atoms with van der Waals surface area (Å²) in [5, 5.41) is 49.7. The number of unbranched alkanes of at least 4 members (excludes halogenated alkanes) is 68. The zero-order valence-electron chi connectivity index (χ0n) is 101. The highest BCUT2D eigenvalue weighted by molar-refractivity contribution is 5.89. The number of hydrogen-bond acceptors (Lipinski definition) is 17. The summed E-state index contributed by atoms with van der Waals surface area (Å²) in [6.45, 7) is 33.7. The van der Waals surface area contributed by atoms with E-state index in [1.54, 1.807) is 27.7 Å². The van der Waals surface area contributed by atoms with Crippen LogP contribution >= 0.6 is 0 Å². The van der Waals surface area contributed by atoms with Crippen LogP contribution in [0.5, 0.6) is 0 Å². The molecule has 0 aromatic heterocycles. The van der Waals surface area contributed by atoms with Gasteiger partial charge >= 0.3 is 29.8 Å². The van der Waals surface area contributed by atoms with Gasteiger partial charge in [0.1, 0.15) is 31.0 Å². The third-order valence-electron chi connectivity index (χ3n) is 32.9. The van der Waals surface area contributed by atoms with E-state index >= 15 is 9.59 Å². The predicted octanol–water partition coefficient (Wildman–Crippen LogP) is 37.4. The number of carbonyl (C=O) groups is 5. The normalized spacial score (nSPS) is 20.4. The minimum Gasteiger partial charge on any atom is -0.459 e. The van der Waals surface area contributed by atoms with E-state index in [4.69, 9.17) is 37.9 Å². The van der Waals surface area contributed by atoms with Crippen LogP contribution in [-0.2, 0) is 61.9 Å². The van der Waals surface area contributed by atoms with Gasteiger partial charge in [-0.05, 0) is 107 Å². The summed E-state index contributed by atoms with van der Waals surface area (Å²) in [7, 11) is 0. The first-order valence-electron chi connectivity index (χ1n) is 64.8. The molecule has 876 valence electrons. The van der Waals surface area contributed by atoms with Gasteiger partial charge in [-0.25, -0.2) is 14.4 Å².